The monoisotopic (exact) mass is 350 g/mol. The van der Waals surface area contributed by atoms with Gasteiger partial charge in [-0.25, -0.2) is 8.78 Å². The maximum atomic E-state index is 13.7. The van der Waals surface area contributed by atoms with Crippen molar-refractivity contribution in [3.05, 3.63) is 64.3 Å². The Morgan fingerprint density at radius 2 is 1.76 bits per heavy atom. The number of rotatable bonds is 2. The molecule has 0 saturated carbocycles. The Balaban J connectivity index is 1.93. The summed E-state index contributed by atoms with van der Waals surface area (Å²) in [5, 5.41) is 3.09. The Morgan fingerprint density at radius 3 is 2.43 bits per heavy atom. The molecule has 106 valence electrons. The topological polar surface area (TPSA) is 44.9 Å². The van der Waals surface area contributed by atoms with E-state index in [2.05, 4.69) is 26.2 Å². The largest absolute Gasteiger partial charge is 0.351 e. The van der Waals surface area contributed by atoms with Crippen molar-refractivity contribution < 1.29 is 13.6 Å². The van der Waals surface area contributed by atoms with Crippen molar-refractivity contribution in [2.24, 2.45) is 0 Å². The molecule has 3 nitrogen and oxygen atoms in total. The van der Waals surface area contributed by atoms with Crippen LogP contribution in [0.1, 0.15) is 10.5 Å². The van der Waals surface area contributed by atoms with E-state index in [0.717, 1.165) is 23.0 Å². The minimum absolute atomic E-state index is 0.234. The number of para-hydroxylation sites is 1. The molecule has 6 heteroatoms. The highest BCUT2D eigenvalue weighted by molar-refractivity contribution is 9.10. The average Bonchev–Trinajstić information content (AvgIpc) is 2.86. The van der Waals surface area contributed by atoms with Crippen molar-refractivity contribution in [3.8, 4) is 0 Å². The van der Waals surface area contributed by atoms with E-state index in [1.807, 2.05) is 24.3 Å². The van der Waals surface area contributed by atoms with E-state index in [1.165, 1.54) is 0 Å². The Labute approximate surface area is 127 Å². The van der Waals surface area contributed by atoms with Gasteiger partial charge in [-0.05, 0) is 24.3 Å². The Kier molecular flexibility index (Phi) is 3.47. The second kappa shape index (κ2) is 5.29. The van der Waals surface area contributed by atoms with Gasteiger partial charge in [0.25, 0.3) is 5.91 Å². The van der Waals surface area contributed by atoms with Gasteiger partial charge in [0, 0.05) is 15.4 Å². The Bertz CT molecular complexity index is 789. The van der Waals surface area contributed by atoms with Crippen molar-refractivity contribution in [2.45, 2.75) is 0 Å². The molecule has 0 radical (unpaired) electrons. The second-order valence-corrected chi connectivity index (χ2v) is 5.38. The molecule has 1 amide bonds. The number of aromatic nitrogens is 1. The number of H-pyrrole nitrogens is 1. The number of anilines is 1. The van der Waals surface area contributed by atoms with Crippen LogP contribution in [0.4, 0.5) is 14.5 Å². The van der Waals surface area contributed by atoms with Crippen molar-refractivity contribution in [3.63, 3.8) is 0 Å². The molecule has 1 heterocycles. The van der Waals surface area contributed by atoms with Gasteiger partial charge in [0.2, 0.25) is 0 Å². The average molecular weight is 351 g/mol. The number of hydrogen-bond acceptors (Lipinski definition) is 1. The molecule has 0 atom stereocenters. The van der Waals surface area contributed by atoms with Crippen LogP contribution in [-0.4, -0.2) is 10.9 Å². The van der Waals surface area contributed by atoms with Gasteiger partial charge in [0.15, 0.2) is 11.6 Å². The number of halogens is 3. The van der Waals surface area contributed by atoms with Gasteiger partial charge < -0.3 is 10.3 Å². The molecule has 0 aliphatic heterocycles. The summed E-state index contributed by atoms with van der Waals surface area (Å²) in [6.07, 6.45) is 0. The molecule has 1 aromatic heterocycles. The molecule has 0 bridgehead atoms. The van der Waals surface area contributed by atoms with Gasteiger partial charge in [-0.1, -0.05) is 34.1 Å². The minimum Gasteiger partial charge on any atom is -0.351 e. The van der Waals surface area contributed by atoms with Crippen LogP contribution in [-0.2, 0) is 0 Å². The fraction of sp³-hybridized carbons (Fsp3) is 0. The SMILES string of the molecule is O=C(Nc1c(F)cc(Br)cc1F)c1cc2ccccc2[nH]1. The summed E-state index contributed by atoms with van der Waals surface area (Å²) in [7, 11) is 0. The molecule has 3 rings (SSSR count). The van der Waals surface area contributed by atoms with Crippen LogP contribution in [0.2, 0.25) is 0 Å². The number of carbonyl (C=O) groups is 1. The highest BCUT2D eigenvalue weighted by Gasteiger charge is 2.16. The number of benzene rings is 2. The van der Waals surface area contributed by atoms with Crippen molar-refractivity contribution in [1.29, 1.82) is 0 Å². The third kappa shape index (κ3) is 2.67. The maximum Gasteiger partial charge on any atom is 0.272 e. The van der Waals surface area contributed by atoms with E-state index >= 15 is 0 Å². The number of hydrogen-bond donors (Lipinski definition) is 2. The molecule has 2 aromatic carbocycles. The zero-order valence-electron chi connectivity index (χ0n) is 10.6. The third-order valence-corrected chi connectivity index (χ3v) is 3.48. The first kappa shape index (κ1) is 13.8. The van der Waals surface area contributed by atoms with Crippen molar-refractivity contribution in [1.82, 2.24) is 4.98 Å². The quantitative estimate of drug-likeness (QED) is 0.704. The fourth-order valence-electron chi connectivity index (χ4n) is 2.04. The summed E-state index contributed by atoms with van der Waals surface area (Å²) in [5.74, 6) is -2.29. The number of carbonyl (C=O) groups excluding carboxylic acids is 1. The summed E-state index contributed by atoms with van der Waals surface area (Å²) >= 11 is 2.98. The lowest BCUT2D eigenvalue weighted by molar-refractivity contribution is 0.102. The number of nitrogens with one attached hydrogen (secondary N) is 2. The third-order valence-electron chi connectivity index (χ3n) is 3.02. The van der Waals surface area contributed by atoms with Crippen LogP contribution in [0.25, 0.3) is 10.9 Å². The lowest BCUT2D eigenvalue weighted by Gasteiger charge is -2.07. The Morgan fingerprint density at radius 1 is 1.10 bits per heavy atom. The molecule has 21 heavy (non-hydrogen) atoms. The lowest BCUT2D eigenvalue weighted by atomic mass is 10.2. The highest BCUT2D eigenvalue weighted by atomic mass is 79.9. The molecule has 0 aliphatic rings. The van der Waals surface area contributed by atoms with Gasteiger partial charge >= 0.3 is 0 Å². The minimum atomic E-state index is -0.841. The highest BCUT2D eigenvalue weighted by Crippen LogP contribution is 2.24. The zero-order chi connectivity index (χ0) is 15.0. The standard InChI is InChI=1S/C15H9BrF2N2O/c16-9-6-10(17)14(11(18)7-9)20-15(21)13-5-8-3-1-2-4-12(8)19-13/h1-7,19H,(H,20,21). The van der Waals surface area contributed by atoms with Crippen LogP contribution in [0.15, 0.2) is 46.9 Å². The van der Waals surface area contributed by atoms with Crippen molar-refractivity contribution >= 4 is 38.4 Å². The molecule has 0 saturated heterocycles. The maximum absolute atomic E-state index is 13.7. The summed E-state index contributed by atoms with van der Waals surface area (Å²) in [5.41, 5.74) is 0.541. The van der Waals surface area contributed by atoms with Gasteiger partial charge in [0.05, 0.1) is 0 Å². The van der Waals surface area contributed by atoms with Gasteiger partial charge in [-0.3, -0.25) is 4.79 Å². The molecule has 0 spiro atoms. The molecular weight excluding hydrogens is 342 g/mol. The lowest BCUT2D eigenvalue weighted by Crippen LogP contribution is -2.14. The van der Waals surface area contributed by atoms with E-state index in [1.54, 1.807) is 6.07 Å². The van der Waals surface area contributed by atoms with Gasteiger partial charge in [-0.2, -0.15) is 0 Å². The predicted molar refractivity (Wildman–Crippen MR) is 80.3 cm³/mol. The molecule has 3 aromatic rings. The summed E-state index contributed by atoms with van der Waals surface area (Å²) < 4.78 is 27.7. The molecule has 0 unspecified atom stereocenters. The Hall–Kier alpha value is -2.21. The molecule has 0 aliphatic carbocycles. The van der Waals surface area contributed by atoms with Crippen LogP contribution in [0, 0.1) is 11.6 Å². The summed E-state index contributed by atoms with van der Waals surface area (Å²) in [6, 6.07) is 11.1. The fourth-order valence-corrected chi connectivity index (χ4v) is 2.44. The normalized spacial score (nSPS) is 10.8. The predicted octanol–water partition coefficient (Wildman–Crippen LogP) is 4.46. The summed E-state index contributed by atoms with van der Waals surface area (Å²) in [4.78, 5) is 15.0. The smallest absolute Gasteiger partial charge is 0.272 e. The molecule has 0 fully saturated rings. The van der Waals surface area contributed by atoms with Crippen LogP contribution in [0.3, 0.4) is 0 Å². The van der Waals surface area contributed by atoms with Gasteiger partial charge in [-0.15, -0.1) is 0 Å². The van der Waals surface area contributed by atoms with Crippen LogP contribution < -0.4 is 5.32 Å². The van der Waals surface area contributed by atoms with Crippen molar-refractivity contribution in [2.75, 3.05) is 5.32 Å². The number of amides is 1. The number of fused-ring (bicyclic) bond motifs is 1. The van der Waals surface area contributed by atoms with E-state index in [0.29, 0.717) is 0 Å². The molecular formula is C15H9BrF2N2O. The van der Waals surface area contributed by atoms with E-state index in [-0.39, 0.29) is 10.2 Å². The second-order valence-electron chi connectivity index (χ2n) is 4.47. The first-order chi connectivity index (χ1) is 10.0. The van der Waals surface area contributed by atoms with E-state index < -0.39 is 23.2 Å². The zero-order valence-corrected chi connectivity index (χ0v) is 12.2. The van der Waals surface area contributed by atoms with E-state index in [9.17, 15) is 13.6 Å². The van der Waals surface area contributed by atoms with Crippen LogP contribution >= 0.6 is 15.9 Å². The molecule has 2 N–H and O–H groups in total. The van der Waals surface area contributed by atoms with Crippen LogP contribution in [0.5, 0.6) is 0 Å². The number of aromatic amines is 1. The summed E-state index contributed by atoms with van der Waals surface area (Å²) in [6.45, 7) is 0. The van der Waals surface area contributed by atoms with Gasteiger partial charge in [0.1, 0.15) is 11.4 Å². The van der Waals surface area contributed by atoms with E-state index in [4.69, 9.17) is 0 Å². The first-order valence-electron chi connectivity index (χ1n) is 6.08. The first-order valence-corrected chi connectivity index (χ1v) is 6.87.